The lowest BCUT2D eigenvalue weighted by atomic mass is 10.0. The van der Waals surface area contributed by atoms with Gasteiger partial charge in [0.05, 0.1) is 26.4 Å². The molecule has 0 aliphatic carbocycles. The number of unbranched alkanes of at least 4 members (excludes halogenated alkanes) is 2. The van der Waals surface area contributed by atoms with Crippen molar-refractivity contribution in [1.82, 2.24) is 19.6 Å². The van der Waals surface area contributed by atoms with Gasteiger partial charge in [0, 0.05) is 52.4 Å². The highest BCUT2D eigenvalue weighted by Crippen LogP contribution is 2.18. The second kappa shape index (κ2) is 22.4. The van der Waals surface area contributed by atoms with Crippen molar-refractivity contribution < 1.29 is 59.7 Å². The van der Waals surface area contributed by atoms with Gasteiger partial charge in [-0.3, -0.25) is 38.8 Å². The summed E-state index contributed by atoms with van der Waals surface area (Å²) in [6.45, 7) is 0.410. The molecular formula is C33H54N4O12. The molecule has 1 aromatic rings. The van der Waals surface area contributed by atoms with Gasteiger partial charge < -0.3 is 40.5 Å². The summed E-state index contributed by atoms with van der Waals surface area (Å²) in [5.41, 5.74) is 1.08. The predicted octanol–water partition coefficient (Wildman–Crippen LogP) is -0.410. The van der Waals surface area contributed by atoms with Crippen molar-refractivity contribution in [3.63, 3.8) is 0 Å². The minimum absolute atomic E-state index is 0.00104. The van der Waals surface area contributed by atoms with Crippen molar-refractivity contribution in [2.24, 2.45) is 0 Å². The summed E-state index contributed by atoms with van der Waals surface area (Å²) in [4.78, 5) is 54.6. The molecule has 1 fully saturated rings. The van der Waals surface area contributed by atoms with E-state index in [0.717, 1.165) is 30.6 Å². The number of hydrogen-bond donors (Lipinski definition) is 7. The van der Waals surface area contributed by atoms with Crippen LogP contribution < -0.4 is 4.74 Å². The van der Waals surface area contributed by atoms with Gasteiger partial charge in [0.15, 0.2) is 0 Å². The molecule has 16 nitrogen and oxygen atoms in total. The zero-order valence-electron chi connectivity index (χ0n) is 28.3. The highest BCUT2D eigenvalue weighted by Gasteiger charge is 2.34. The Morgan fingerprint density at radius 2 is 0.959 bits per heavy atom. The van der Waals surface area contributed by atoms with E-state index in [1.807, 2.05) is 24.3 Å². The number of ether oxygens (including phenoxy) is 1. The van der Waals surface area contributed by atoms with Crippen LogP contribution in [0.3, 0.4) is 0 Å². The SMILES string of the molecule is CCCCOc1ccc(CCCC[C@@H](C(=O)O)N2CCN(C(CO)C(=O)O)CCN(C(CO)C(=O)O)CCN(C(CO)C(=O)O)CC2)cc1. The third-order valence-corrected chi connectivity index (χ3v) is 9.00. The van der Waals surface area contributed by atoms with Crippen LogP contribution in [0.15, 0.2) is 24.3 Å². The van der Waals surface area contributed by atoms with Crippen LogP contribution in [0.4, 0.5) is 0 Å². The molecule has 0 amide bonds. The summed E-state index contributed by atoms with van der Waals surface area (Å²) >= 11 is 0. The average molecular weight is 699 g/mol. The molecular weight excluding hydrogens is 644 g/mol. The highest BCUT2D eigenvalue weighted by atomic mass is 16.5. The van der Waals surface area contributed by atoms with E-state index in [1.165, 1.54) is 14.7 Å². The number of rotatable bonds is 20. The topological polar surface area (TPSA) is 232 Å². The van der Waals surface area contributed by atoms with E-state index in [2.05, 4.69) is 6.92 Å². The molecule has 16 heteroatoms. The Kier molecular flexibility index (Phi) is 19.1. The zero-order valence-corrected chi connectivity index (χ0v) is 28.3. The molecule has 1 heterocycles. The van der Waals surface area contributed by atoms with Crippen LogP contribution in [-0.2, 0) is 25.6 Å². The maximum Gasteiger partial charge on any atom is 0.323 e. The maximum absolute atomic E-state index is 12.6. The Morgan fingerprint density at radius 3 is 1.29 bits per heavy atom. The van der Waals surface area contributed by atoms with Crippen LogP contribution in [0, 0.1) is 0 Å². The van der Waals surface area contributed by atoms with Crippen molar-refractivity contribution in [3.05, 3.63) is 29.8 Å². The van der Waals surface area contributed by atoms with Gasteiger partial charge in [-0.15, -0.1) is 0 Å². The molecule has 0 radical (unpaired) electrons. The molecule has 278 valence electrons. The molecule has 0 spiro atoms. The first-order chi connectivity index (χ1) is 23.5. The monoisotopic (exact) mass is 698 g/mol. The van der Waals surface area contributed by atoms with Crippen LogP contribution in [0.2, 0.25) is 0 Å². The Labute approximate surface area is 287 Å². The molecule has 7 N–H and O–H groups in total. The van der Waals surface area contributed by atoms with Crippen molar-refractivity contribution in [2.45, 2.75) is 69.6 Å². The molecule has 1 aromatic carbocycles. The van der Waals surface area contributed by atoms with Gasteiger partial charge in [0.1, 0.15) is 29.9 Å². The molecule has 0 saturated carbocycles. The minimum Gasteiger partial charge on any atom is -0.494 e. The van der Waals surface area contributed by atoms with Gasteiger partial charge in [-0.25, -0.2) is 0 Å². The molecule has 2 rings (SSSR count). The highest BCUT2D eigenvalue weighted by molar-refractivity contribution is 5.75. The van der Waals surface area contributed by atoms with E-state index in [4.69, 9.17) is 4.74 Å². The number of carbonyl (C=O) groups is 4. The summed E-state index contributed by atoms with van der Waals surface area (Å²) in [5, 5.41) is 69.3. The maximum atomic E-state index is 12.6. The zero-order chi connectivity index (χ0) is 36.3. The predicted molar refractivity (Wildman–Crippen MR) is 178 cm³/mol. The lowest BCUT2D eigenvalue weighted by Gasteiger charge is -2.39. The van der Waals surface area contributed by atoms with Gasteiger partial charge in [-0.1, -0.05) is 31.9 Å². The summed E-state index contributed by atoms with van der Waals surface area (Å²) in [6.07, 6.45) is 4.26. The van der Waals surface area contributed by atoms with E-state index < -0.39 is 67.9 Å². The van der Waals surface area contributed by atoms with Crippen LogP contribution in [0.25, 0.3) is 0 Å². The van der Waals surface area contributed by atoms with Crippen LogP contribution >= 0.6 is 0 Å². The molecule has 3 unspecified atom stereocenters. The number of aliphatic carboxylic acids is 4. The molecule has 0 aromatic heterocycles. The smallest absolute Gasteiger partial charge is 0.323 e. The molecule has 0 bridgehead atoms. The summed E-state index contributed by atoms with van der Waals surface area (Å²) in [5.74, 6) is -4.24. The third-order valence-electron chi connectivity index (χ3n) is 9.00. The van der Waals surface area contributed by atoms with Crippen molar-refractivity contribution >= 4 is 23.9 Å². The minimum atomic E-state index is -1.37. The average Bonchev–Trinajstić information content (AvgIpc) is 3.05. The first-order valence-electron chi connectivity index (χ1n) is 16.9. The summed E-state index contributed by atoms with van der Waals surface area (Å²) in [7, 11) is 0. The molecule has 4 atom stereocenters. The second-order valence-electron chi connectivity index (χ2n) is 12.2. The van der Waals surface area contributed by atoms with Gasteiger partial charge in [0.2, 0.25) is 0 Å². The number of aliphatic hydroxyl groups is 3. The van der Waals surface area contributed by atoms with Crippen molar-refractivity contribution in [3.8, 4) is 5.75 Å². The fourth-order valence-electron chi connectivity index (χ4n) is 5.99. The Morgan fingerprint density at radius 1 is 0.592 bits per heavy atom. The normalized spacial score (nSPS) is 18.8. The lowest BCUT2D eigenvalue weighted by Crippen LogP contribution is -2.57. The fraction of sp³-hybridized carbons (Fsp3) is 0.697. The Bertz CT molecular complexity index is 1120. The first kappa shape index (κ1) is 41.8. The number of aryl methyl sites for hydroxylation is 1. The molecule has 49 heavy (non-hydrogen) atoms. The summed E-state index contributed by atoms with van der Waals surface area (Å²) < 4.78 is 5.71. The van der Waals surface area contributed by atoms with Crippen LogP contribution in [0.1, 0.15) is 44.6 Å². The quantitative estimate of drug-likeness (QED) is 0.0858. The van der Waals surface area contributed by atoms with Crippen molar-refractivity contribution in [1.29, 1.82) is 0 Å². The molecule has 1 aliphatic heterocycles. The number of benzene rings is 1. The van der Waals surface area contributed by atoms with Crippen molar-refractivity contribution in [2.75, 3.05) is 78.8 Å². The van der Waals surface area contributed by atoms with Gasteiger partial charge >= 0.3 is 23.9 Å². The lowest BCUT2D eigenvalue weighted by molar-refractivity contribution is -0.149. The number of nitrogens with zero attached hydrogens (tertiary/aromatic N) is 4. The van der Waals surface area contributed by atoms with Gasteiger partial charge in [0.25, 0.3) is 0 Å². The van der Waals surface area contributed by atoms with E-state index in [1.54, 1.807) is 4.90 Å². The van der Waals surface area contributed by atoms with E-state index in [-0.39, 0.29) is 58.8 Å². The second-order valence-corrected chi connectivity index (χ2v) is 12.2. The third kappa shape index (κ3) is 13.8. The molecule has 1 saturated heterocycles. The number of carboxylic acid groups (broad SMARTS) is 4. The standard InChI is InChI=1S/C33H54N4O12/c1-2-3-20-49-25-10-8-24(9-11-25)6-4-5-7-26(30(41)42)34-12-14-35(27(21-38)31(43)44)16-18-37(29(23-40)33(47)48)19-17-36(15-13-34)28(22-39)32(45)46/h8-11,26-29,38-40H,2-7,12-23H2,1H3,(H,41,42)(H,43,44)(H,45,46)(H,47,48)/t26-,27?,28?,29?/m0/s1. The first-order valence-corrected chi connectivity index (χ1v) is 16.9. The molecule has 1 aliphatic rings. The number of hydrogen-bond acceptors (Lipinski definition) is 12. The number of aliphatic hydroxyl groups excluding tert-OH is 3. The fourth-order valence-corrected chi connectivity index (χ4v) is 5.99. The van der Waals surface area contributed by atoms with Crippen LogP contribution in [-0.4, -0.2) is 182 Å². The van der Waals surface area contributed by atoms with Crippen LogP contribution in [0.5, 0.6) is 5.75 Å². The Hall–Kier alpha value is -3.38. The van der Waals surface area contributed by atoms with E-state index in [9.17, 15) is 54.9 Å². The summed E-state index contributed by atoms with van der Waals surface area (Å²) in [6, 6.07) is 2.74. The van der Waals surface area contributed by atoms with E-state index in [0.29, 0.717) is 19.4 Å². The van der Waals surface area contributed by atoms with E-state index >= 15 is 0 Å². The largest absolute Gasteiger partial charge is 0.494 e. The number of carboxylic acids is 4. The van der Waals surface area contributed by atoms with Gasteiger partial charge in [-0.05, 0) is 43.4 Å². The van der Waals surface area contributed by atoms with Gasteiger partial charge in [-0.2, -0.15) is 0 Å². The Balaban J connectivity index is 2.28.